The van der Waals surface area contributed by atoms with Gasteiger partial charge in [0.25, 0.3) is 0 Å². The minimum absolute atomic E-state index is 0.0230. The van der Waals surface area contributed by atoms with Gasteiger partial charge in [-0.1, -0.05) is 12.1 Å². The summed E-state index contributed by atoms with van der Waals surface area (Å²) in [4.78, 5) is 20.3. The number of hydrogen-bond donors (Lipinski definition) is 0. The van der Waals surface area contributed by atoms with Crippen molar-refractivity contribution in [2.45, 2.75) is 32.7 Å². The summed E-state index contributed by atoms with van der Waals surface area (Å²) in [5.41, 5.74) is 4.03. The van der Waals surface area contributed by atoms with E-state index in [2.05, 4.69) is 33.5 Å². The van der Waals surface area contributed by atoms with Crippen molar-refractivity contribution in [3.8, 4) is 11.5 Å². The van der Waals surface area contributed by atoms with Crippen molar-refractivity contribution in [1.29, 1.82) is 0 Å². The molecule has 0 spiro atoms. The Morgan fingerprint density at radius 2 is 1.89 bits per heavy atom. The van der Waals surface area contributed by atoms with E-state index in [0.717, 1.165) is 41.7 Å². The highest BCUT2D eigenvalue weighted by atomic mass is 16.3. The highest BCUT2D eigenvalue weighted by Gasteiger charge is 2.18. The molecular weight excluding hydrogens is 350 g/mol. The lowest BCUT2D eigenvalue weighted by Crippen LogP contribution is -2.29. The predicted octanol–water partition coefficient (Wildman–Crippen LogP) is 4.82. The molecule has 1 saturated heterocycles. The van der Waals surface area contributed by atoms with Crippen LogP contribution in [0, 0.1) is 0 Å². The number of rotatable bonds is 3. The number of para-hydroxylation sites is 2. The summed E-state index contributed by atoms with van der Waals surface area (Å²) in [6.45, 7) is 4.96. The third-order valence-corrected chi connectivity index (χ3v) is 5.65. The van der Waals surface area contributed by atoms with Crippen molar-refractivity contribution in [2.75, 3.05) is 18.0 Å². The zero-order chi connectivity index (χ0) is 19.1. The summed E-state index contributed by atoms with van der Waals surface area (Å²) in [5, 5.41) is 0.727. The number of anilines is 1. The van der Waals surface area contributed by atoms with Crippen LogP contribution in [0.25, 0.3) is 33.5 Å². The number of piperidine rings is 1. The number of benzene rings is 2. The van der Waals surface area contributed by atoms with Crippen LogP contribution >= 0.6 is 0 Å². The maximum Gasteiger partial charge on any atom is 0.232 e. The molecule has 28 heavy (non-hydrogen) atoms. The van der Waals surface area contributed by atoms with Gasteiger partial charge in [-0.15, -0.1) is 0 Å². The Bertz CT molecular complexity index is 1180. The SMILES string of the molecule is CCn1cc(-c2nc3ccccc3o2)c(=O)c2cc(N3CCCCC3)ccc21. The van der Waals surface area contributed by atoms with Crippen LogP contribution in [0.1, 0.15) is 26.2 Å². The fourth-order valence-electron chi connectivity index (χ4n) is 4.14. The molecule has 142 valence electrons. The third kappa shape index (κ3) is 2.78. The van der Waals surface area contributed by atoms with Gasteiger partial charge in [0.1, 0.15) is 11.1 Å². The molecule has 1 aliphatic rings. The second kappa shape index (κ2) is 6.82. The molecule has 0 N–H and O–H groups in total. The van der Waals surface area contributed by atoms with Crippen LogP contribution in [-0.4, -0.2) is 22.6 Å². The molecule has 2 aromatic heterocycles. The molecule has 1 aliphatic heterocycles. The van der Waals surface area contributed by atoms with E-state index in [1.807, 2.05) is 36.5 Å². The molecule has 4 aromatic rings. The summed E-state index contributed by atoms with van der Waals surface area (Å²) in [5.74, 6) is 0.388. The number of aromatic nitrogens is 2. The van der Waals surface area contributed by atoms with Gasteiger partial charge in [-0.3, -0.25) is 4.79 Å². The van der Waals surface area contributed by atoms with E-state index >= 15 is 0 Å². The second-order valence-electron chi connectivity index (χ2n) is 7.39. The first-order valence-corrected chi connectivity index (χ1v) is 10.0. The molecule has 0 atom stereocenters. The van der Waals surface area contributed by atoms with Crippen molar-refractivity contribution in [3.63, 3.8) is 0 Å². The molecule has 1 fully saturated rings. The number of nitrogens with zero attached hydrogens (tertiary/aromatic N) is 3. The first kappa shape index (κ1) is 17.0. The Hall–Kier alpha value is -3.08. The first-order valence-electron chi connectivity index (χ1n) is 10.0. The molecule has 0 radical (unpaired) electrons. The van der Waals surface area contributed by atoms with Crippen molar-refractivity contribution in [1.82, 2.24) is 9.55 Å². The fourth-order valence-corrected chi connectivity index (χ4v) is 4.14. The van der Waals surface area contributed by atoms with Crippen LogP contribution in [0.2, 0.25) is 0 Å². The van der Waals surface area contributed by atoms with Gasteiger partial charge in [0.2, 0.25) is 11.3 Å². The average molecular weight is 373 g/mol. The quantitative estimate of drug-likeness (QED) is 0.517. The molecule has 2 aromatic carbocycles. The lowest BCUT2D eigenvalue weighted by Gasteiger charge is -2.29. The third-order valence-electron chi connectivity index (χ3n) is 5.65. The summed E-state index contributed by atoms with van der Waals surface area (Å²) >= 11 is 0. The Morgan fingerprint density at radius 3 is 2.68 bits per heavy atom. The number of pyridine rings is 1. The van der Waals surface area contributed by atoms with Crippen molar-refractivity contribution in [2.24, 2.45) is 0 Å². The van der Waals surface area contributed by atoms with Crippen LogP contribution in [0.4, 0.5) is 5.69 Å². The lowest BCUT2D eigenvalue weighted by atomic mass is 10.1. The second-order valence-corrected chi connectivity index (χ2v) is 7.39. The van der Waals surface area contributed by atoms with Crippen molar-refractivity contribution >= 4 is 27.7 Å². The molecule has 0 amide bonds. The Balaban J connectivity index is 1.70. The molecule has 5 nitrogen and oxygen atoms in total. The normalized spacial score (nSPS) is 14.8. The highest BCUT2D eigenvalue weighted by Crippen LogP contribution is 2.27. The maximum atomic E-state index is 13.4. The van der Waals surface area contributed by atoms with Crippen LogP contribution < -0.4 is 10.3 Å². The van der Waals surface area contributed by atoms with E-state index in [1.54, 1.807) is 0 Å². The smallest absolute Gasteiger partial charge is 0.232 e. The van der Waals surface area contributed by atoms with E-state index < -0.39 is 0 Å². The first-order chi connectivity index (χ1) is 13.7. The lowest BCUT2D eigenvalue weighted by molar-refractivity contribution is 0.578. The minimum Gasteiger partial charge on any atom is -0.436 e. The standard InChI is InChI=1S/C23H23N3O2/c1-2-25-15-18(23-24-19-8-4-5-9-21(19)28-23)22(27)17-14-16(10-11-20(17)25)26-12-6-3-7-13-26/h4-5,8-11,14-15H,2-3,6-7,12-13H2,1H3. The average Bonchev–Trinajstić information content (AvgIpc) is 3.18. The fraction of sp³-hybridized carbons (Fsp3) is 0.304. The molecule has 5 heteroatoms. The number of hydrogen-bond acceptors (Lipinski definition) is 4. The minimum atomic E-state index is -0.0230. The zero-order valence-electron chi connectivity index (χ0n) is 16.0. The van der Waals surface area contributed by atoms with Crippen LogP contribution in [-0.2, 0) is 6.54 Å². The predicted molar refractivity (Wildman–Crippen MR) is 113 cm³/mol. The van der Waals surface area contributed by atoms with Gasteiger partial charge in [0.05, 0.1) is 5.52 Å². The molecule has 5 rings (SSSR count). The Labute approximate surface area is 163 Å². The van der Waals surface area contributed by atoms with Gasteiger partial charge in [-0.2, -0.15) is 0 Å². The summed E-state index contributed by atoms with van der Waals surface area (Å²) in [6, 6.07) is 13.9. The molecule has 0 aliphatic carbocycles. The van der Waals surface area contributed by atoms with Crippen LogP contribution in [0.3, 0.4) is 0 Å². The van der Waals surface area contributed by atoms with E-state index in [0.29, 0.717) is 17.0 Å². The number of oxazole rings is 1. The summed E-state index contributed by atoms with van der Waals surface area (Å²) in [7, 11) is 0. The van der Waals surface area contributed by atoms with Gasteiger partial charge in [-0.25, -0.2) is 4.98 Å². The van der Waals surface area contributed by atoms with Crippen molar-refractivity contribution < 1.29 is 4.42 Å². The molecular formula is C23H23N3O2. The number of aryl methyl sites for hydroxylation is 1. The topological polar surface area (TPSA) is 51.3 Å². The molecule has 0 unspecified atom stereocenters. The number of fused-ring (bicyclic) bond motifs is 2. The largest absolute Gasteiger partial charge is 0.436 e. The van der Waals surface area contributed by atoms with E-state index in [-0.39, 0.29) is 5.43 Å². The van der Waals surface area contributed by atoms with Crippen molar-refractivity contribution in [3.05, 3.63) is 58.9 Å². The van der Waals surface area contributed by atoms with E-state index in [4.69, 9.17) is 4.42 Å². The molecule has 0 bridgehead atoms. The monoisotopic (exact) mass is 373 g/mol. The van der Waals surface area contributed by atoms with Gasteiger partial charge in [-0.05, 0) is 56.5 Å². The van der Waals surface area contributed by atoms with Crippen LogP contribution in [0.5, 0.6) is 0 Å². The summed E-state index contributed by atoms with van der Waals surface area (Å²) in [6.07, 6.45) is 5.57. The van der Waals surface area contributed by atoms with Gasteiger partial charge in [0, 0.05) is 36.9 Å². The van der Waals surface area contributed by atoms with Gasteiger partial charge >= 0.3 is 0 Å². The Kier molecular flexibility index (Phi) is 4.15. The zero-order valence-corrected chi connectivity index (χ0v) is 16.0. The highest BCUT2D eigenvalue weighted by molar-refractivity contribution is 5.87. The summed E-state index contributed by atoms with van der Waals surface area (Å²) < 4.78 is 7.99. The van der Waals surface area contributed by atoms with E-state index in [9.17, 15) is 4.79 Å². The Morgan fingerprint density at radius 1 is 1.07 bits per heavy atom. The maximum absolute atomic E-state index is 13.4. The molecule has 0 saturated carbocycles. The van der Waals surface area contributed by atoms with Crippen LogP contribution in [0.15, 0.2) is 57.9 Å². The van der Waals surface area contributed by atoms with Gasteiger partial charge < -0.3 is 13.9 Å². The molecule has 3 heterocycles. The van der Waals surface area contributed by atoms with Gasteiger partial charge in [0.15, 0.2) is 5.58 Å². The van der Waals surface area contributed by atoms with E-state index in [1.165, 1.54) is 19.3 Å².